The van der Waals surface area contributed by atoms with Crippen molar-refractivity contribution in [3.05, 3.63) is 54.1 Å². The average molecular weight is 319 g/mol. The van der Waals surface area contributed by atoms with Crippen LogP contribution >= 0.6 is 0 Å². The number of piperazine rings is 1. The van der Waals surface area contributed by atoms with Gasteiger partial charge < -0.3 is 9.80 Å². The van der Waals surface area contributed by atoms with Crippen molar-refractivity contribution in [2.24, 2.45) is 0 Å². The van der Waals surface area contributed by atoms with Gasteiger partial charge in [-0.2, -0.15) is 0 Å². The standard InChI is InChI=1S/C20H22N4/c1-15-7-9-16(10-8-15)19-17-5-3-4-6-18(17)20(22-21-19)24-13-11-23(2)12-14-24/h3-10H,11-14H2,1-2H3/p+1. The van der Waals surface area contributed by atoms with E-state index in [1.807, 2.05) is 0 Å². The molecule has 4 heteroatoms. The highest BCUT2D eigenvalue weighted by atomic mass is 15.3. The minimum absolute atomic E-state index is 0.967. The number of hydrogen-bond acceptors (Lipinski definition) is 3. The molecule has 1 aromatic heterocycles. The van der Waals surface area contributed by atoms with Gasteiger partial charge >= 0.3 is 0 Å². The number of benzene rings is 2. The first-order chi connectivity index (χ1) is 11.7. The Hall–Kier alpha value is -2.46. The first kappa shape index (κ1) is 15.1. The lowest BCUT2D eigenvalue weighted by Gasteiger charge is -2.31. The molecule has 1 fully saturated rings. The van der Waals surface area contributed by atoms with E-state index in [1.165, 1.54) is 16.3 Å². The largest absolute Gasteiger partial charge is 0.343 e. The van der Waals surface area contributed by atoms with Crippen molar-refractivity contribution in [3.8, 4) is 11.3 Å². The van der Waals surface area contributed by atoms with E-state index in [-0.39, 0.29) is 0 Å². The molecule has 0 spiro atoms. The quantitative estimate of drug-likeness (QED) is 0.784. The van der Waals surface area contributed by atoms with Crippen LogP contribution in [0.2, 0.25) is 0 Å². The molecule has 0 unspecified atom stereocenters. The zero-order chi connectivity index (χ0) is 16.5. The highest BCUT2D eigenvalue weighted by Gasteiger charge is 2.21. The summed E-state index contributed by atoms with van der Waals surface area (Å²) in [5.74, 6) is 1.02. The zero-order valence-corrected chi connectivity index (χ0v) is 14.3. The molecule has 24 heavy (non-hydrogen) atoms. The van der Waals surface area contributed by atoms with Crippen LogP contribution < -0.4 is 9.80 Å². The smallest absolute Gasteiger partial charge is 0.159 e. The van der Waals surface area contributed by atoms with Gasteiger partial charge in [0.1, 0.15) is 5.69 Å². The number of nitrogens with zero attached hydrogens (tertiary/aromatic N) is 3. The fraction of sp³-hybridized carbons (Fsp3) is 0.300. The Morgan fingerprint density at radius 2 is 1.54 bits per heavy atom. The van der Waals surface area contributed by atoms with Crippen LogP contribution in [0.15, 0.2) is 48.5 Å². The molecule has 1 saturated heterocycles. The van der Waals surface area contributed by atoms with Gasteiger partial charge in [0.15, 0.2) is 5.82 Å². The van der Waals surface area contributed by atoms with E-state index >= 15 is 0 Å². The normalized spacial score (nSPS) is 15.8. The lowest BCUT2D eigenvalue weighted by atomic mass is 10.0. The van der Waals surface area contributed by atoms with E-state index in [4.69, 9.17) is 0 Å². The molecule has 0 atom stereocenters. The van der Waals surface area contributed by atoms with Crippen LogP contribution in [-0.4, -0.2) is 43.4 Å². The zero-order valence-electron chi connectivity index (χ0n) is 14.3. The number of quaternary nitrogens is 1. The molecule has 0 bridgehead atoms. The molecule has 1 N–H and O–H groups in total. The fourth-order valence-corrected chi connectivity index (χ4v) is 3.35. The summed E-state index contributed by atoms with van der Waals surface area (Å²) in [7, 11) is 2.25. The van der Waals surface area contributed by atoms with Crippen molar-refractivity contribution in [3.63, 3.8) is 0 Å². The third kappa shape index (κ3) is 2.74. The van der Waals surface area contributed by atoms with Crippen LogP contribution in [0.3, 0.4) is 0 Å². The Kier molecular flexibility index (Phi) is 3.90. The van der Waals surface area contributed by atoms with Gasteiger partial charge in [0, 0.05) is 16.3 Å². The van der Waals surface area contributed by atoms with Crippen LogP contribution in [0, 0.1) is 6.92 Å². The maximum atomic E-state index is 4.62. The van der Waals surface area contributed by atoms with Crippen LogP contribution in [0.1, 0.15) is 5.56 Å². The number of rotatable bonds is 2. The molecule has 0 saturated carbocycles. The number of aromatic nitrogens is 2. The molecular formula is C20H23N4+. The maximum absolute atomic E-state index is 4.62. The van der Waals surface area contributed by atoms with Crippen molar-refractivity contribution >= 4 is 16.6 Å². The molecule has 0 radical (unpaired) electrons. The van der Waals surface area contributed by atoms with Crippen molar-refractivity contribution in [2.75, 3.05) is 38.1 Å². The number of aryl methyl sites for hydroxylation is 1. The van der Waals surface area contributed by atoms with Crippen LogP contribution in [0.25, 0.3) is 22.0 Å². The molecular weight excluding hydrogens is 296 g/mol. The van der Waals surface area contributed by atoms with Gasteiger partial charge in [-0.05, 0) is 6.92 Å². The minimum Gasteiger partial charge on any atom is -0.343 e. The highest BCUT2D eigenvalue weighted by Crippen LogP contribution is 2.31. The monoisotopic (exact) mass is 319 g/mol. The predicted octanol–water partition coefficient (Wildman–Crippen LogP) is 1.94. The van der Waals surface area contributed by atoms with Gasteiger partial charge in [-0.15, -0.1) is 10.2 Å². The molecule has 3 aromatic rings. The lowest BCUT2D eigenvalue weighted by molar-refractivity contribution is -0.880. The Bertz CT molecular complexity index is 849. The number of fused-ring (bicyclic) bond motifs is 1. The number of nitrogens with one attached hydrogen (secondary N) is 1. The second-order valence-corrected chi connectivity index (χ2v) is 6.73. The van der Waals surface area contributed by atoms with Gasteiger partial charge in [0.25, 0.3) is 0 Å². The van der Waals surface area contributed by atoms with E-state index < -0.39 is 0 Å². The minimum atomic E-state index is 0.967. The number of anilines is 1. The van der Waals surface area contributed by atoms with Gasteiger partial charge in [0.05, 0.1) is 33.2 Å². The summed E-state index contributed by atoms with van der Waals surface area (Å²) in [5, 5.41) is 11.6. The van der Waals surface area contributed by atoms with E-state index in [2.05, 4.69) is 77.6 Å². The van der Waals surface area contributed by atoms with Crippen molar-refractivity contribution in [1.29, 1.82) is 0 Å². The first-order valence-corrected chi connectivity index (χ1v) is 8.61. The molecule has 2 aromatic carbocycles. The van der Waals surface area contributed by atoms with Gasteiger partial charge in [0.2, 0.25) is 0 Å². The molecule has 4 rings (SSSR count). The van der Waals surface area contributed by atoms with Gasteiger partial charge in [-0.3, -0.25) is 0 Å². The lowest BCUT2D eigenvalue weighted by Crippen LogP contribution is -3.12. The van der Waals surface area contributed by atoms with Crippen molar-refractivity contribution < 1.29 is 4.90 Å². The SMILES string of the molecule is Cc1ccc(-c2nnc(N3CC[NH+](C)CC3)c3ccccc23)cc1. The van der Waals surface area contributed by atoms with E-state index in [9.17, 15) is 0 Å². The van der Waals surface area contributed by atoms with Crippen molar-refractivity contribution in [1.82, 2.24) is 10.2 Å². The number of hydrogen-bond donors (Lipinski definition) is 1. The summed E-state index contributed by atoms with van der Waals surface area (Å²) in [6, 6.07) is 17.0. The Balaban J connectivity index is 1.81. The third-order valence-electron chi connectivity index (χ3n) is 4.91. The van der Waals surface area contributed by atoms with Crippen molar-refractivity contribution in [2.45, 2.75) is 6.92 Å². The molecule has 0 amide bonds. The van der Waals surface area contributed by atoms with Gasteiger partial charge in [-0.1, -0.05) is 54.1 Å². The van der Waals surface area contributed by atoms with Crippen LogP contribution in [-0.2, 0) is 0 Å². The first-order valence-electron chi connectivity index (χ1n) is 8.61. The molecule has 122 valence electrons. The molecule has 1 aliphatic rings. The van der Waals surface area contributed by atoms with E-state index in [1.54, 1.807) is 4.90 Å². The molecule has 2 heterocycles. The molecule has 0 aliphatic carbocycles. The third-order valence-corrected chi connectivity index (χ3v) is 4.91. The Morgan fingerprint density at radius 3 is 2.25 bits per heavy atom. The number of likely N-dealkylation sites (N-methyl/N-ethyl adjacent to an activating group) is 1. The summed E-state index contributed by atoms with van der Waals surface area (Å²) in [6.45, 7) is 6.47. The Morgan fingerprint density at radius 1 is 0.875 bits per heavy atom. The predicted molar refractivity (Wildman–Crippen MR) is 98.5 cm³/mol. The summed E-state index contributed by atoms with van der Waals surface area (Å²) in [5.41, 5.74) is 3.35. The molecule has 1 aliphatic heterocycles. The summed E-state index contributed by atoms with van der Waals surface area (Å²) in [4.78, 5) is 3.96. The topological polar surface area (TPSA) is 33.5 Å². The van der Waals surface area contributed by atoms with E-state index in [0.717, 1.165) is 43.3 Å². The van der Waals surface area contributed by atoms with E-state index in [0.29, 0.717) is 0 Å². The Labute approximate surface area is 142 Å². The second-order valence-electron chi connectivity index (χ2n) is 6.73. The fourth-order valence-electron chi connectivity index (χ4n) is 3.35. The summed E-state index contributed by atoms with van der Waals surface area (Å²) < 4.78 is 0. The summed E-state index contributed by atoms with van der Waals surface area (Å²) in [6.07, 6.45) is 0. The van der Waals surface area contributed by atoms with Crippen LogP contribution in [0.5, 0.6) is 0 Å². The molecule has 4 nitrogen and oxygen atoms in total. The van der Waals surface area contributed by atoms with Gasteiger partial charge in [-0.25, -0.2) is 0 Å². The van der Waals surface area contributed by atoms with Crippen LogP contribution in [0.4, 0.5) is 5.82 Å². The maximum Gasteiger partial charge on any atom is 0.159 e. The highest BCUT2D eigenvalue weighted by molar-refractivity contribution is 6.00. The average Bonchev–Trinajstić information content (AvgIpc) is 2.62. The second kappa shape index (κ2) is 6.21. The summed E-state index contributed by atoms with van der Waals surface area (Å²) >= 11 is 0.